The Labute approximate surface area is 69.5 Å². The smallest absolute Gasteiger partial charge is 0.0443 e. The Morgan fingerprint density at radius 2 is 2.18 bits per heavy atom. The molecule has 0 aliphatic heterocycles. The predicted octanol–water partition coefficient (Wildman–Crippen LogP) is 1.27. The maximum Gasteiger partial charge on any atom is 0.0443 e. The van der Waals surface area contributed by atoms with Gasteiger partial charge in [-0.05, 0) is 20.3 Å². The molecule has 0 rings (SSSR count). The van der Waals surface area contributed by atoms with Crippen molar-refractivity contribution in [2.45, 2.75) is 26.3 Å². The highest BCUT2D eigenvalue weighted by Gasteiger charge is 2.05. The Morgan fingerprint density at radius 3 is 2.55 bits per heavy atom. The standard InChI is InChI=1S/C9H19NO/c1-4-6-10(9(2)3)7-5-8-11/h4,9,11H,1,5-8H2,2-3H3. The molecule has 1 N–H and O–H groups in total. The van der Waals surface area contributed by atoms with Crippen molar-refractivity contribution in [1.82, 2.24) is 4.90 Å². The van der Waals surface area contributed by atoms with Crippen molar-refractivity contribution in [3.8, 4) is 0 Å². The van der Waals surface area contributed by atoms with Crippen LogP contribution in [0.25, 0.3) is 0 Å². The van der Waals surface area contributed by atoms with Gasteiger partial charge in [-0.15, -0.1) is 6.58 Å². The second-order valence-electron chi connectivity index (χ2n) is 2.95. The SMILES string of the molecule is C=CCN(CCCO)C(C)C. The average molecular weight is 157 g/mol. The monoisotopic (exact) mass is 157 g/mol. The van der Waals surface area contributed by atoms with Crippen LogP contribution in [0.2, 0.25) is 0 Å². The van der Waals surface area contributed by atoms with Gasteiger partial charge in [0.05, 0.1) is 0 Å². The highest BCUT2D eigenvalue weighted by molar-refractivity contribution is 4.75. The lowest BCUT2D eigenvalue weighted by Crippen LogP contribution is -2.32. The van der Waals surface area contributed by atoms with E-state index in [0.717, 1.165) is 19.5 Å². The zero-order valence-corrected chi connectivity index (χ0v) is 7.58. The minimum absolute atomic E-state index is 0.278. The molecule has 11 heavy (non-hydrogen) atoms. The van der Waals surface area contributed by atoms with E-state index in [9.17, 15) is 0 Å². The summed E-state index contributed by atoms with van der Waals surface area (Å²) in [6.45, 7) is 10.1. The van der Waals surface area contributed by atoms with Crippen molar-refractivity contribution >= 4 is 0 Å². The van der Waals surface area contributed by atoms with Crippen LogP contribution < -0.4 is 0 Å². The summed E-state index contributed by atoms with van der Waals surface area (Å²) in [5, 5.41) is 8.61. The third-order valence-electron chi connectivity index (χ3n) is 1.70. The van der Waals surface area contributed by atoms with Crippen LogP contribution in [0.5, 0.6) is 0 Å². The van der Waals surface area contributed by atoms with Crippen LogP contribution in [0.1, 0.15) is 20.3 Å². The number of hydrogen-bond donors (Lipinski definition) is 1. The molecule has 2 heteroatoms. The minimum Gasteiger partial charge on any atom is -0.396 e. The first-order chi connectivity index (χ1) is 5.22. The van der Waals surface area contributed by atoms with Gasteiger partial charge in [0, 0.05) is 25.7 Å². The number of aliphatic hydroxyl groups excluding tert-OH is 1. The van der Waals surface area contributed by atoms with E-state index < -0.39 is 0 Å². The third kappa shape index (κ3) is 4.99. The lowest BCUT2D eigenvalue weighted by atomic mass is 10.3. The van der Waals surface area contributed by atoms with Gasteiger partial charge in [0.1, 0.15) is 0 Å². The van der Waals surface area contributed by atoms with Gasteiger partial charge >= 0.3 is 0 Å². The zero-order chi connectivity index (χ0) is 8.69. The fourth-order valence-electron chi connectivity index (χ4n) is 1.000. The molecule has 0 bridgehead atoms. The molecule has 0 saturated carbocycles. The van der Waals surface area contributed by atoms with E-state index >= 15 is 0 Å². The summed E-state index contributed by atoms with van der Waals surface area (Å²) in [6.07, 6.45) is 2.75. The lowest BCUT2D eigenvalue weighted by molar-refractivity contribution is 0.207. The summed E-state index contributed by atoms with van der Waals surface area (Å²) >= 11 is 0. The summed E-state index contributed by atoms with van der Waals surface area (Å²) < 4.78 is 0. The van der Waals surface area contributed by atoms with Gasteiger partial charge in [-0.25, -0.2) is 0 Å². The minimum atomic E-state index is 0.278. The molecule has 0 aromatic carbocycles. The predicted molar refractivity (Wildman–Crippen MR) is 48.6 cm³/mol. The Balaban J connectivity index is 3.59. The molecule has 0 aromatic rings. The Morgan fingerprint density at radius 1 is 1.55 bits per heavy atom. The summed E-state index contributed by atoms with van der Waals surface area (Å²) in [6, 6.07) is 0.541. The molecule has 0 atom stereocenters. The number of aliphatic hydroxyl groups is 1. The van der Waals surface area contributed by atoms with Crippen molar-refractivity contribution < 1.29 is 5.11 Å². The summed E-state index contributed by atoms with van der Waals surface area (Å²) in [7, 11) is 0. The van der Waals surface area contributed by atoms with E-state index in [4.69, 9.17) is 5.11 Å². The van der Waals surface area contributed by atoms with E-state index in [1.54, 1.807) is 0 Å². The molecule has 0 aliphatic carbocycles. The maximum atomic E-state index is 8.61. The van der Waals surface area contributed by atoms with Gasteiger partial charge in [0.2, 0.25) is 0 Å². The largest absolute Gasteiger partial charge is 0.396 e. The van der Waals surface area contributed by atoms with Gasteiger partial charge in [-0.2, -0.15) is 0 Å². The molecule has 0 radical (unpaired) electrons. The van der Waals surface area contributed by atoms with Crippen LogP contribution in [0.3, 0.4) is 0 Å². The molecule has 0 spiro atoms. The molecule has 0 heterocycles. The average Bonchev–Trinajstić information content (AvgIpc) is 1.97. The normalized spacial score (nSPS) is 11.0. The van der Waals surface area contributed by atoms with Crippen molar-refractivity contribution in [1.29, 1.82) is 0 Å². The molecular weight excluding hydrogens is 138 g/mol. The fourth-order valence-corrected chi connectivity index (χ4v) is 1.000. The van der Waals surface area contributed by atoms with Gasteiger partial charge in [-0.1, -0.05) is 6.08 Å². The highest BCUT2D eigenvalue weighted by Crippen LogP contribution is 1.98. The summed E-state index contributed by atoms with van der Waals surface area (Å²) in [4.78, 5) is 2.28. The molecule has 2 nitrogen and oxygen atoms in total. The van der Waals surface area contributed by atoms with E-state index in [1.807, 2.05) is 6.08 Å². The summed E-state index contributed by atoms with van der Waals surface area (Å²) in [5.74, 6) is 0. The topological polar surface area (TPSA) is 23.5 Å². The second-order valence-corrected chi connectivity index (χ2v) is 2.95. The van der Waals surface area contributed by atoms with Gasteiger partial charge in [0.25, 0.3) is 0 Å². The van der Waals surface area contributed by atoms with Crippen molar-refractivity contribution in [3.63, 3.8) is 0 Å². The van der Waals surface area contributed by atoms with E-state index in [1.165, 1.54) is 0 Å². The van der Waals surface area contributed by atoms with Crippen LogP contribution in [0.15, 0.2) is 12.7 Å². The number of hydrogen-bond acceptors (Lipinski definition) is 2. The molecule has 0 saturated heterocycles. The molecule has 0 fully saturated rings. The van der Waals surface area contributed by atoms with Crippen LogP contribution >= 0.6 is 0 Å². The van der Waals surface area contributed by atoms with Crippen molar-refractivity contribution in [2.24, 2.45) is 0 Å². The molecule has 0 aliphatic rings. The number of rotatable bonds is 6. The Bertz CT molecular complexity index is 102. The Kier molecular flexibility index (Phi) is 6.18. The quantitative estimate of drug-likeness (QED) is 0.587. The highest BCUT2D eigenvalue weighted by atomic mass is 16.3. The van der Waals surface area contributed by atoms with Crippen molar-refractivity contribution in [2.75, 3.05) is 19.7 Å². The molecule has 0 amide bonds. The van der Waals surface area contributed by atoms with Gasteiger partial charge < -0.3 is 5.11 Å². The van der Waals surface area contributed by atoms with Crippen LogP contribution in [0.4, 0.5) is 0 Å². The molecule has 0 aromatic heterocycles. The first-order valence-corrected chi connectivity index (χ1v) is 4.18. The van der Waals surface area contributed by atoms with Gasteiger partial charge in [-0.3, -0.25) is 4.90 Å². The molecular formula is C9H19NO. The zero-order valence-electron chi connectivity index (χ0n) is 7.58. The maximum absolute atomic E-state index is 8.61. The molecule has 0 unspecified atom stereocenters. The number of nitrogens with zero attached hydrogens (tertiary/aromatic N) is 1. The third-order valence-corrected chi connectivity index (χ3v) is 1.70. The molecule has 66 valence electrons. The Hall–Kier alpha value is -0.340. The van der Waals surface area contributed by atoms with Crippen LogP contribution in [-0.2, 0) is 0 Å². The van der Waals surface area contributed by atoms with Crippen molar-refractivity contribution in [3.05, 3.63) is 12.7 Å². The van der Waals surface area contributed by atoms with E-state index in [0.29, 0.717) is 6.04 Å². The lowest BCUT2D eigenvalue weighted by Gasteiger charge is -2.24. The van der Waals surface area contributed by atoms with Crippen LogP contribution in [0, 0.1) is 0 Å². The van der Waals surface area contributed by atoms with Gasteiger partial charge in [0.15, 0.2) is 0 Å². The van der Waals surface area contributed by atoms with E-state index in [2.05, 4.69) is 25.3 Å². The summed E-state index contributed by atoms with van der Waals surface area (Å²) in [5.41, 5.74) is 0. The van der Waals surface area contributed by atoms with Crippen LogP contribution in [-0.4, -0.2) is 35.7 Å². The van der Waals surface area contributed by atoms with E-state index in [-0.39, 0.29) is 6.61 Å². The first kappa shape index (κ1) is 10.7. The second kappa shape index (κ2) is 6.38. The first-order valence-electron chi connectivity index (χ1n) is 4.18. The fraction of sp³-hybridized carbons (Fsp3) is 0.778.